The van der Waals surface area contributed by atoms with Crippen LogP contribution in [-0.2, 0) is 6.42 Å². The number of carbonyl (C=O) groups is 1. The van der Waals surface area contributed by atoms with Gasteiger partial charge in [-0.05, 0) is 12.8 Å². The van der Waals surface area contributed by atoms with Crippen LogP contribution in [0.3, 0.4) is 0 Å². The van der Waals surface area contributed by atoms with E-state index in [-0.39, 0.29) is 12.7 Å². The van der Waals surface area contributed by atoms with E-state index in [0.717, 1.165) is 19.3 Å². The van der Waals surface area contributed by atoms with Crippen LogP contribution in [0.5, 0.6) is 0 Å². The fourth-order valence-electron chi connectivity index (χ4n) is 1.75. The van der Waals surface area contributed by atoms with Gasteiger partial charge in [-0.3, -0.25) is 4.79 Å². The zero-order valence-corrected chi connectivity index (χ0v) is 10.0. The van der Waals surface area contributed by atoms with Gasteiger partial charge in [-0.25, -0.2) is 17.6 Å². The van der Waals surface area contributed by atoms with Gasteiger partial charge in [0.1, 0.15) is 0 Å². The van der Waals surface area contributed by atoms with Crippen molar-refractivity contribution in [1.29, 1.82) is 0 Å². The lowest BCUT2D eigenvalue weighted by Gasteiger charge is -2.08. The number of hydrogen-bond acceptors (Lipinski definition) is 1. The number of benzene rings is 1. The highest BCUT2D eigenvalue weighted by Crippen LogP contribution is 2.24. The summed E-state index contributed by atoms with van der Waals surface area (Å²) >= 11 is 0. The van der Waals surface area contributed by atoms with Crippen molar-refractivity contribution in [3.63, 3.8) is 0 Å². The molecule has 1 nitrogen and oxygen atoms in total. The number of rotatable bonds is 6. The molecule has 0 aromatic heterocycles. The van der Waals surface area contributed by atoms with Gasteiger partial charge in [0.05, 0.1) is 5.56 Å². The van der Waals surface area contributed by atoms with Gasteiger partial charge in [0, 0.05) is 5.56 Å². The summed E-state index contributed by atoms with van der Waals surface area (Å²) in [6.45, 7) is 1.97. The second-order valence-corrected chi connectivity index (χ2v) is 4.08. The maximum absolute atomic E-state index is 13.5. The van der Waals surface area contributed by atoms with Gasteiger partial charge in [0.2, 0.25) is 0 Å². The van der Waals surface area contributed by atoms with Crippen molar-refractivity contribution in [2.24, 2.45) is 0 Å². The predicted octanol–water partition coefficient (Wildman–Crippen LogP) is 4.18. The molecule has 0 aliphatic heterocycles. The molecule has 0 atom stereocenters. The van der Waals surface area contributed by atoms with E-state index >= 15 is 0 Å². The first-order chi connectivity index (χ1) is 8.54. The molecule has 18 heavy (non-hydrogen) atoms. The molecule has 1 rings (SSSR count). The molecule has 0 saturated heterocycles. The van der Waals surface area contributed by atoms with Crippen molar-refractivity contribution >= 4 is 6.29 Å². The second-order valence-electron chi connectivity index (χ2n) is 4.08. The van der Waals surface area contributed by atoms with Gasteiger partial charge >= 0.3 is 0 Å². The summed E-state index contributed by atoms with van der Waals surface area (Å²) in [6, 6.07) is 0. The van der Waals surface area contributed by atoms with Crippen molar-refractivity contribution in [1.82, 2.24) is 0 Å². The van der Waals surface area contributed by atoms with Gasteiger partial charge < -0.3 is 0 Å². The third-order valence-corrected chi connectivity index (χ3v) is 2.79. The molecule has 0 fully saturated rings. The van der Waals surface area contributed by atoms with Crippen molar-refractivity contribution < 1.29 is 22.4 Å². The molecule has 0 radical (unpaired) electrons. The van der Waals surface area contributed by atoms with Crippen LogP contribution < -0.4 is 0 Å². The fourth-order valence-corrected chi connectivity index (χ4v) is 1.75. The molecular weight excluding hydrogens is 248 g/mol. The first kappa shape index (κ1) is 14.7. The Morgan fingerprint density at radius 3 is 1.89 bits per heavy atom. The zero-order valence-electron chi connectivity index (χ0n) is 10.0. The van der Waals surface area contributed by atoms with Gasteiger partial charge in [-0.2, -0.15) is 0 Å². The van der Waals surface area contributed by atoms with Crippen LogP contribution in [0.2, 0.25) is 0 Å². The Bertz CT molecular complexity index is 414. The highest BCUT2D eigenvalue weighted by molar-refractivity contribution is 5.76. The Morgan fingerprint density at radius 1 is 0.889 bits per heavy atom. The van der Waals surface area contributed by atoms with E-state index in [1.54, 1.807) is 0 Å². The smallest absolute Gasteiger partial charge is 0.172 e. The van der Waals surface area contributed by atoms with Gasteiger partial charge in [-0.1, -0.05) is 26.2 Å². The van der Waals surface area contributed by atoms with Gasteiger partial charge in [0.15, 0.2) is 29.6 Å². The Morgan fingerprint density at radius 2 is 1.44 bits per heavy atom. The van der Waals surface area contributed by atoms with Crippen molar-refractivity contribution in [3.8, 4) is 0 Å². The van der Waals surface area contributed by atoms with Crippen LogP contribution in [0, 0.1) is 23.3 Å². The first-order valence-electron chi connectivity index (χ1n) is 5.84. The van der Waals surface area contributed by atoms with Gasteiger partial charge in [0.25, 0.3) is 0 Å². The lowest BCUT2D eigenvalue weighted by atomic mass is 10.0. The van der Waals surface area contributed by atoms with Crippen LogP contribution in [0.1, 0.15) is 48.5 Å². The van der Waals surface area contributed by atoms with E-state index < -0.39 is 34.4 Å². The van der Waals surface area contributed by atoms with Crippen molar-refractivity contribution in [3.05, 3.63) is 34.4 Å². The standard InChI is InChI=1S/C13H14F4O/c1-2-3-4-5-6-8-10(14)12(16)9(7-18)13(17)11(8)15/h7H,2-6H2,1H3. The summed E-state index contributed by atoms with van der Waals surface area (Å²) in [5, 5.41) is 0. The number of unbranched alkanes of at least 4 members (excludes halogenated alkanes) is 3. The van der Waals surface area contributed by atoms with Crippen LogP contribution >= 0.6 is 0 Å². The molecule has 5 heteroatoms. The van der Waals surface area contributed by atoms with Crippen molar-refractivity contribution in [2.45, 2.75) is 39.0 Å². The second kappa shape index (κ2) is 6.52. The van der Waals surface area contributed by atoms with E-state index in [1.165, 1.54) is 0 Å². The van der Waals surface area contributed by atoms with Crippen LogP contribution in [0.4, 0.5) is 17.6 Å². The molecule has 1 aromatic carbocycles. The van der Waals surface area contributed by atoms with E-state index in [9.17, 15) is 22.4 Å². The van der Waals surface area contributed by atoms with Crippen LogP contribution in [-0.4, -0.2) is 6.29 Å². The topological polar surface area (TPSA) is 17.1 Å². The molecule has 0 aliphatic carbocycles. The number of carbonyl (C=O) groups excluding carboxylic acids is 1. The zero-order chi connectivity index (χ0) is 13.7. The maximum Gasteiger partial charge on any atom is 0.172 e. The minimum absolute atomic E-state index is 0.0787. The number of aldehydes is 1. The summed E-state index contributed by atoms with van der Waals surface area (Å²) in [4.78, 5) is 10.3. The van der Waals surface area contributed by atoms with E-state index in [4.69, 9.17) is 0 Å². The Kier molecular flexibility index (Phi) is 5.31. The van der Waals surface area contributed by atoms with E-state index in [1.807, 2.05) is 6.92 Å². The largest absolute Gasteiger partial charge is 0.298 e. The molecule has 0 unspecified atom stereocenters. The average Bonchev–Trinajstić information content (AvgIpc) is 2.36. The highest BCUT2D eigenvalue weighted by Gasteiger charge is 2.24. The number of halogens is 4. The molecule has 0 aliphatic rings. The molecule has 0 N–H and O–H groups in total. The fraction of sp³-hybridized carbons (Fsp3) is 0.462. The Labute approximate surface area is 103 Å². The van der Waals surface area contributed by atoms with E-state index in [2.05, 4.69) is 0 Å². The molecular formula is C13H14F4O. The summed E-state index contributed by atoms with van der Waals surface area (Å²) < 4.78 is 53.4. The molecule has 0 bridgehead atoms. The minimum atomic E-state index is -1.62. The quantitative estimate of drug-likeness (QED) is 0.325. The molecule has 0 saturated carbocycles. The van der Waals surface area contributed by atoms with E-state index in [0.29, 0.717) is 6.42 Å². The van der Waals surface area contributed by atoms with Gasteiger partial charge in [-0.15, -0.1) is 0 Å². The lowest BCUT2D eigenvalue weighted by molar-refractivity contribution is 0.111. The summed E-state index contributed by atoms with van der Waals surface area (Å²) in [5.74, 6) is -6.16. The molecule has 1 aromatic rings. The Balaban J connectivity index is 3.02. The summed E-state index contributed by atoms with van der Waals surface area (Å²) in [7, 11) is 0. The van der Waals surface area contributed by atoms with Crippen LogP contribution in [0.25, 0.3) is 0 Å². The van der Waals surface area contributed by atoms with Crippen LogP contribution in [0.15, 0.2) is 0 Å². The third-order valence-electron chi connectivity index (χ3n) is 2.79. The average molecular weight is 262 g/mol. The number of hydrogen-bond donors (Lipinski definition) is 0. The highest BCUT2D eigenvalue weighted by atomic mass is 19.2. The monoisotopic (exact) mass is 262 g/mol. The molecule has 100 valence electrons. The SMILES string of the molecule is CCCCCCc1c(F)c(F)c(C=O)c(F)c1F. The maximum atomic E-state index is 13.5. The first-order valence-corrected chi connectivity index (χ1v) is 5.84. The van der Waals surface area contributed by atoms with Crippen molar-refractivity contribution in [2.75, 3.05) is 0 Å². The normalized spacial score (nSPS) is 10.7. The minimum Gasteiger partial charge on any atom is -0.298 e. The summed E-state index contributed by atoms with van der Waals surface area (Å²) in [5.41, 5.74) is -1.81. The third kappa shape index (κ3) is 2.89. The summed E-state index contributed by atoms with van der Waals surface area (Å²) in [6.07, 6.45) is 2.70. The predicted molar refractivity (Wildman–Crippen MR) is 59.5 cm³/mol. The lowest BCUT2D eigenvalue weighted by Crippen LogP contribution is -2.08. The molecule has 0 spiro atoms. The molecule has 0 amide bonds. The Hall–Kier alpha value is -1.39. The molecule has 0 heterocycles.